The van der Waals surface area contributed by atoms with E-state index in [4.69, 9.17) is 11.6 Å². The van der Waals surface area contributed by atoms with Crippen LogP contribution in [0.25, 0.3) is 0 Å². The van der Waals surface area contributed by atoms with E-state index in [-0.39, 0.29) is 0 Å². The van der Waals surface area contributed by atoms with Gasteiger partial charge in [-0.1, -0.05) is 46.6 Å². The van der Waals surface area contributed by atoms with Gasteiger partial charge in [0.25, 0.3) is 0 Å². The van der Waals surface area contributed by atoms with Crippen LogP contribution in [0.4, 0.5) is 5.69 Å². The van der Waals surface area contributed by atoms with E-state index in [9.17, 15) is 0 Å². The maximum absolute atomic E-state index is 6.35. The average molecular weight is 303 g/mol. The lowest BCUT2D eigenvalue weighted by Crippen LogP contribution is -2.27. The number of hydrogen-bond donors (Lipinski definition) is 0. The highest BCUT2D eigenvalue weighted by Crippen LogP contribution is 2.38. The van der Waals surface area contributed by atoms with Gasteiger partial charge in [-0.25, -0.2) is 0 Å². The van der Waals surface area contributed by atoms with Crippen molar-refractivity contribution in [1.29, 1.82) is 0 Å². The van der Waals surface area contributed by atoms with Crippen LogP contribution >= 0.6 is 27.5 Å². The lowest BCUT2D eigenvalue weighted by atomic mass is 10.1. The maximum atomic E-state index is 6.35. The molecule has 0 radical (unpaired) electrons. The fourth-order valence-corrected chi connectivity index (χ4v) is 2.85. The van der Waals surface area contributed by atoms with Gasteiger partial charge in [-0.2, -0.15) is 0 Å². The highest BCUT2D eigenvalue weighted by Gasteiger charge is 2.30. The predicted molar refractivity (Wildman–Crippen MR) is 74.7 cm³/mol. The zero-order chi connectivity index (χ0) is 11.5. The van der Waals surface area contributed by atoms with Gasteiger partial charge in [-0.15, -0.1) is 0 Å². The molecule has 1 nitrogen and oxygen atoms in total. The minimum absolute atomic E-state index is 0.720. The molecule has 0 bridgehead atoms. The molecule has 0 aromatic heterocycles. The topological polar surface area (TPSA) is 3.24 Å². The summed E-state index contributed by atoms with van der Waals surface area (Å²) in [5.41, 5.74) is 2.54. The molecule has 0 spiro atoms. The summed E-state index contributed by atoms with van der Waals surface area (Å²) >= 11 is 9.89. The largest absolute Gasteiger partial charge is 0.367 e. The molecular weight excluding hydrogens is 286 g/mol. The van der Waals surface area contributed by atoms with Gasteiger partial charge < -0.3 is 4.90 Å². The Bertz CT molecular complexity index is 363. The molecule has 0 atom stereocenters. The fourth-order valence-electron chi connectivity index (χ4n) is 2.09. The number of halogens is 2. The van der Waals surface area contributed by atoms with Crippen molar-refractivity contribution < 1.29 is 0 Å². The number of hydrogen-bond acceptors (Lipinski definition) is 1. The number of nitrogens with zero attached hydrogens (tertiary/aromatic N) is 1. The summed E-state index contributed by atoms with van der Waals surface area (Å²) in [5, 5.41) is 1.76. The van der Waals surface area contributed by atoms with Crippen LogP contribution in [0, 0.1) is 0 Å². The smallest absolute Gasteiger partial charge is 0.0642 e. The zero-order valence-electron chi connectivity index (χ0n) is 9.55. The van der Waals surface area contributed by atoms with Gasteiger partial charge in [-0.3, -0.25) is 0 Å². The summed E-state index contributed by atoms with van der Waals surface area (Å²) in [4.78, 5) is 2.49. The highest BCUT2D eigenvalue weighted by atomic mass is 79.9. The maximum Gasteiger partial charge on any atom is 0.0642 e. The second-order valence-corrected chi connectivity index (χ2v) is 5.27. The van der Waals surface area contributed by atoms with Gasteiger partial charge in [0.1, 0.15) is 0 Å². The van der Waals surface area contributed by atoms with Crippen molar-refractivity contribution >= 4 is 33.2 Å². The molecule has 1 aromatic rings. The van der Waals surface area contributed by atoms with Gasteiger partial charge in [0.05, 0.1) is 10.7 Å². The lowest BCUT2D eigenvalue weighted by Gasteiger charge is -2.27. The van der Waals surface area contributed by atoms with Crippen LogP contribution in [0.5, 0.6) is 0 Å². The van der Waals surface area contributed by atoms with E-state index >= 15 is 0 Å². The lowest BCUT2D eigenvalue weighted by molar-refractivity contribution is 0.760. The van der Waals surface area contributed by atoms with E-state index < -0.39 is 0 Å². The SMILES string of the molecule is CCCN(c1c(Cl)cccc1CBr)C1CC1. The molecule has 0 aliphatic heterocycles. The molecule has 0 amide bonds. The molecule has 88 valence electrons. The van der Waals surface area contributed by atoms with Crippen LogP contribution in [0.1, 0.15) is 31.7 Å². The predicted octanol–water partition coefficient (Wildman–Crippen LogP) is 4.61. The Morgan fingerprint density at radius 2 is 2.19 bits per heavy atom. The van der Waals surface area contributed by atoms with Crippen molar-refractivity contribution in [3.8, 4) is 0 Å². The first-order valence-corrected chi connectivity index (χ1v) is 7.37. The van der Waals surface area contributed by atoms with E-state index in [2.05, 4.69) is 33.8 Å². The van der Waals surface area contributed by atoms with Gasteiger partial charge in [0.15, 0.2) is 0 Å². The van der Waals surface area contributed by atoms with Crippen molar-refractivity contribution in [3.63, 3.8) is 0 Å². The number of anilines is 1. The van der Waals surface area contributed by atoms with Crippen molar-refractivity contribution in [1.82, 2.24) is 0 Å². The second kappa shape index (κ2) is 5.42. The van der Waals surface area contributed by atoms with Crippen molar-refractivity contribution in [3.05, 3.63) is 28.8 Å². The summed E-state index contributed by atoms with van der Waals surface area (Å²) < 4.78 is 0. The molecule has 1 aliphatic rings. The Morgan fingerprint density at radius 3 is 2.75 bits per heavy atom. The summed E-state index contributed by atoms with van der Waals surface area (Å²) in [7, 11) is 0. The van der Waals surface area contributed by atoms with Crippen molar-refractivity contribution in [2.45, 2.75) is 37.6 Å². The molecule has 3 heteroatoms. The minimum Gasteiger partial charge on any atom is -0.367 e. The molecule has 2 rings (SSSR count). The Balaban J connectivity index is 2.34. The van der Waals surface area contributed by atoms with Crippen molar-refractivity contribution in [2.75, 3.05) is 11.4 Å². The molecule has 1 fully saturated rings. The third kappa shape index (κ3) is 2.54. The number of para-hydroxylation sites is 1. The van der Waals surface area contributed by atoms with Crippen LogP contribution < -0.4 is 4.90 Å². The number of benzene rings is 1. The normalized spacial score (nSPS) is 15.2. The summed E-state index contributed by atoms with van der Waals surface area (Å²) in [5.74, 6) is 0. The number of rotatable bonds is 5. The first-order valence-electron chi connectivity index (χ1n) is 5.88. The summed E-state index contributed by atoms with van der Waals surface area (Å²) in [6.07, 6.45) is 3.79. The second-order valence-electron chi connectivity index (χ2n) is 4.31. The third-order valence-electron chi connectivity index (χ3n) is 2.95. The van der Waals surface area contributed by atoms with Crippen LogP contribution in [0.3, 0.4) is 0 Å². The molecule has 0 heterocycles. The zero-order valence-corrected chi connectivity index (χ0v) is 11.9. The van der Waals surface area contributed by atoms with E-state index in [0.29, 0.717) is 0 Å². The van der Waals surface area contributed by atoms with Gasteiger partial charge in [-0.05, 0) is 30.9 Å². The first kappa shape index (κ1) is 12.3. The first-order chi connectivity index (χ1) is 7.77. The van der Waals surface area contributed by atoms with Gasteiger partial charge in [0.2, 0.25) is 0 Å². The monoisotopic (exact) mass is 301 g/mol. The summed E-state index contributed by atoms with van der Waals surface area (Å²) in [6, 6.07) is 6.90. The van der Waals surface area contributed by atoms with Crippen LogP contribution in [0.15, 0.2) is 18.2 Å². The van der Waals surface area contributed by atoms with Gasteiger partial charge >= 0.3 is 0 Å². The van der Waals surface area contributed by atoms with E-state index in [0.717, 1.165) is 22.9 Å². The Morgan fingerprint density at radius 1 is 1.44 bits per heavy atom. The molecule has 16 heavy (non-hydrogen) atoms. The van der Waals surface area contributed by atoms with Crippen LogP contribution in [0.2, 0.25) is 5.02 Å². The van der Waals surface area contributed by atoms with Crippen LogP contribution in [-0.4, -0.2) is 12.6 Å². The Kier molecular flexibility index (Phi) is 4.15. The van der Waals surface area contributed by atoms with Gasteiger partial charge in [0, 0.05) is 17.9 Å². The van der Waals surface area contributed by atoms with E-state index in [1.807, 2.05) is 12.1 Å². The Hall–Kier alpha value is -0.210. The third-order valence-corrected chi connectivity index (χ3v) is 3.86. The van der Waals surface area contributed by atoms with Crippen LogP contribution in [-0.2, 0) is 5.33 Å². The molecule has 1 aliphatic carbocycles. The molecule has 0 unspecified atom stereocenters. The fraction of sp³-hybridized carbons (Fsp3) is 0.538. The standard InChI is InChI=1S/C13H17BrClN/c1-2-8-16(11-6-7-11)13-10(9-14)4-3-5-12(13)15/h3-5,11H,2,6-9H2,1H3. The minimum atomic E-state index is 0.720. The molecule has 0 N–H and O–H groups in total. The molecule has 1 saturated carbocycles. The van der Waals surface area contributed by atoms with E-state index in [1.54, 1.807) is 0 Å². The van der Waals surface area contributed by atoms with E-state index in [1.165, 1.54) is 30.5 Å². The molecule has 0 saturated heterocycles. The number of alkyl halides is 1. The average Bonchev–Trinajstić information content (AvgIpc) is 3.10. The highest BCUT2D eigenvalue weighted by molar-refractivity contribution is 9.08. The van der Waals surface area contributed by atoms with Crippen molar-refractivity contribution in [2.24, 2.45) is 0 Å². The Labute approximate surface area is 111 Å². The molecular formula is C13H17BrClN. The molecule has 1 aromatic carbocycles. The quantitative estimate of drug-likeness (QED) is 0.718. The summed E-state index contributed by atoms with van der Waals surface area (Å²) in [6.45, 7) is 3.33.